The Labute approximate surface area is 132 Å². The van der Waals surface area contributed by atoms with Gasteiger partial charge in [0.05, 0.1) is 12.2 Å². The van der Waals surface area contributed by atoms with Gasteiger partial charge in [-0.05, 0) is 17.8 Å². The highest BCUT2D eigenvalue weighted by Crippen LogP contribution is 2.26. The van der Waals surface area contributed by atoms with Gasteiger partial charge in [-0.3, -0.25) is 9.59 Å². The van der Waals surface area contributed by atoms with Crippen molar-refractivity contribution in [2.75, 3.05) is 19.3 Å². The van der Waals surface area contributed by atoms with Crippen LogP contribution in [0.15, 0.2) is 0 Å². The molecular formula is C14H26N2O5S. The lowest BCUT2D eigenvalue weighted by atomic mass is 9.84. The lowest BCUT2D eigenvalue weighted by Gasteiger charge is -2.39. The number of hydrogen-bond acceptors (Lipinski definition) is 4. The smallest absolute Gasteiger partial charge is 0.308 e. The van der Waals surface area contributed by atoms with Crippen molar-refractivity contribution in [3.05, 3.63) is 0 Å². The summed E-state index contributed by atoms with van der Waals surface area (Å²) in [6.07, 6.45) is 1.54. The number of hydrogen-bond donors (Lipinski definition) is 2. The Morgan fingerprint density at radius 2 is 1.82 bits per heavy atom. The van der Waals surface area contributed by atoms with E-state index in [4.69, 9.17) is 0 Å². The number of piperidine rings is 1. The molecule has 0 saturated carbocycles. The second-order valence-electron chi connectivity index (χ2n) is 7.31. The maximum absolute atomic E-state index is 12.7. The molecule has 1 saturated heterocycles. The minimum Gasteiger partial charge on any atom is -0.481 e. The van der Waals surface area contributed by atoms with Gasteiger partial charge in [0.15, 0.2) is 0 Å². The van der Waals surface area contributed by atoms with E-state index in [1.165, 1.54) is 4.90 Å². The van der Waals surface area contributed by atoms with Gasteiger partial charge in [0.25, 0.3) is 0 Å². The number of nitrogens with zero attached hydrogens (tertiary/aromatic N) is 1. The molecule has 1 aliphatic heterocycles. The van der Waals surface area contributed by atoms with Gasteiger partial charge in [0.1, 0.15) is 6.04 Å². The van der Waals surface area contributed by atoms with E-state index in [2.05, 4.69) is 4.72 Å². The highest BCUT2D eigenvalue weighted by atomic mass is 32.2. The van der Waals surface area contributed by atoms with Crippen molar-refractivity contribution in [2.45, 2.75) is 40.2 Å². The number of sulfonamides is 1. The van der Waals surface area contributed by atoms with Crippen molar-refractivity contribution in [1.29, 1.82) is 0 Å². The molecule has 128 valence electrons. The molecule has 1 amide bonds. The van der Waals surface area contributed by atoms with E-state index in [0.717, 1.165) is 6.26 Å². The van der Waals surface area contributed by atoms with E-state index in [1.807, 2.05) is 6.92 Å². The summed E-state index contributed by atoms with van der Waals surface area (Å²) in [4.78, 5) is 25.4. The summed E-state index contributed by atoms with van der Waals surface area (Å²) in [6, 6.07) is -0.915. The molecule has 0 aliphatic carbocycles. The van der Waals surface area contributed by atoms with Crippen LogP contribution in [-0.2, 0) is 19.6 Å². The van der Waals surface area contributed by atoms with Crippen LogP contribution in [0.1, 0.15) is 34.1 Å². The molecule has 0 aromatic heterocycles. The van der Waals surface area contributed by atoms with Crippen LogP contribution in [0, 0.1) is 17.3 Å². The van der Waals surface area contributed by atoms with Crippen molar-refractivity contribution in [2.24, 2.45) is 17.3 Å². The molecule has 0 bridgehead atoms. The third-order valence-corrected chi connectivity index (χ3v) is 4.43. The minimum absolute atomic E-state index is 0.0673. The fraction of sp³-hybridized carbons (Fsp3) is 0.857. The van der Waals surface area contributed by atoms with Crippen molar-refractivity contribution < 1.29 is 23.1 Å². The quantitative estimate of drug-likeness (QED) is 0.780. The zero-order valence-electron chi connectivity index (χ0n) is 13.8. The summed E-state index contributed by atoms with van der Waals surface area (Å²) in [6.45, 7) is 7.78. The summed E-state index contributed by atoms with van der Waals surface area (Å²) in [5, 5.41) is 9.19. The van der Waals surface area contributed by atoms with Crippen LogP contribution in [0.2, 0.25) is 0 Å². The SMILES string of the molecule is CC1CC(C(=O)O)CN(C(=O)C(NS(C)(=O)=O)C(C)(C)C)C1. The van der Waals surface area contributed by atoms with Gasteiger partial charge in [-0.15, -0.1) is 0 Å². The fourth-order valence-corrected chi connectivity index (χ4v) is 3.59. The number of carboxylic acid groups (broad SMARTS) is 1. The molecule has 8 heteroatoms. The molecule has 22 heavy (non-hydrogen) atoms. The van der Waals surface area contributed by atoms with Crippen LogP contribution in [0.25, 0.3) is 0 Å². The molecule has 0 aromatic carbocycles. The van der Waals surface area contributed by atoms with E-state index in [1.54, 1.807) is 20.8 Å². The largest absolute Gasteiger partial charge is 0.481 e. The number of carbonyl (C=O) groups is 2. The van der Waals surface area contributed by atoms with Gasteiger partial charge < -0.3 is 10.0 Å². The van der Waals surface area contributed by atoms with Gasteiger partial charge >= 0.3 is 5.97 Å². The van der Waals surface area contributed by atoms with E-state index in [0.29, 0.717) is 13.0 Å². The van der Waals surface area contributed by atoms with Crippen molar-refractivity contribution in [3.63, 3.8) is 0 Å². The zero-order valence-corrected chi connectivity index (χ0v) is 14.6. The minimum atomic E-state index is -3.55. The van der Waals surface area contributed by atoms with Gasteiger partial charge in [-0.1, -0.05) is 27.7 Å². The zero-order chi connectivity index (χ0) is 17.3. The second-order valence-corrected chi connectivity index (χ2v) is 9.09. The molecule has 2 N–H and O–H groups in total. The van der Waals surface area contributed by atoms with E-state index in [9.17, 15) is 23.1 Å². The standard InChI is InChI=1S/C14H26N2O5S/c1-9-6-10(13(18)19)8-16(7-9)12(17)11(14(2,3)4)15-22(5,20)21/h9-11,15H,6-8H2,1-5H3,(H,18,19). The summed E-state index contributed by atoms with van der Waals surface area (Å²) in [5.74, 6) is -1.83. The van der Waals surface area contributed by atoms with Crippen LogP contribution in [0.4, 0.5) is 0 Å². The van der Waals surface area contributed by atoms with E-state index < -0.39 is 33.4 Å². The van der Waals surface area contributed by atoms with Gasteiger partial charge in [0.2, 0.25) is 15.9 Å². The fourth-order valence-electron chi connectivity index (χ4n) is 2.70. The third-order valence-electron chi connectivity index (χ3n) is 3.77. The Hall–Kier alpha value is -1.15. The Morgan fingerprint density at radius 3 is 2.23 bits per heavy atom. The second kappa shape index (κ2) is 6.54. The first-order chi connectivity index (χ1) is 9.81. The van der Waals surface area contributed by atoms with Crippen LogP contribution in [0.3, 0.4) is 0 Å². The Kier molecular flexibility index (Phi) is 5.61. The third kappa shape index (κ3) is 5.24. The lowest BCUT2D eigenvalue weighted by Crippen LogP contribution is -2.57. The number of rotatable bonds is 4. The molecular weight excluding hydrogens is 308 g/mol. The molecule has 3 atom stereocenters. The van der Waals surface area contributed by atoms with Crippen LogP contribution >= 0.6 is 0 Å². The van der Waals surface area contributed by atoms with Crippen LogP contribution in [-0.4, -0.2) is 55.7 Å². The first kappa shape index (κ1) is 18.9. The molecule has 1 aliphatic rings. The highest BCUT2D eigenvalue weighted by Gasteiger charge is 2.40. The topological polar surface area (TPSA) is 104 Å². The maximum atomic E-state index is 12.7. The molecule has 0 spiro atoms. The maximum Gasteiger partial charge on any atom is 0.308 e. The van der Waals surface area contributed by atoms with Crippen molar-refractivity contribution in [3.8, 4) is 0 Å². The molecule has 0 aromatic rings. The summed E-state index contributed by atoms with van der Waals surface area (Å²) in [5.41, 5.74) is -0.612. The van der Waals surface area contributed by atoms with Gasteiger partial charge in [0, 0.05) is 13.1 Å². The lowest BCUT2D eigenvalue weighted by molar-refractivity contribution is -0.148. The normalized spacial score (nSPS) is 24.9. The number of amides is 1. The number of carboxylic acids is 1. The van der Waals surface area contributed by atoms with Gasteiger partial charge in [-0.25, -0.2) is 13.1 Å². The van der Waals surface area contributed by atoms with Crippen LogP contribution < -0.4 is 4.72 Å². The number of aliphatic carboxylic acids is 1. The Morgan fingerprint density at radius 1 is 1.27 bits per heavy atom. The Bertz CT molecular complexity index is 538. The van der Waals surface area contributed by atoms with Crippen LogP contribution in [0.5, 0.6) is 0 Å². The molecule has 1 heterocycles. The average Bonchev–Trinajstić information content (AvgIpc) is 2.32. The first-order valence-electron chi connectivity index (χ1n) is 7.30. The molecule has 1 fully saturated rings. The Balaban J connectivity index is 3.00. The average molecular weight is 334 g/mol. The van der Waals surface area contributed by atoms with Crippen molar-refractivity contribution >= 4 is 21.9 Å². The molecule has 7 nitrogen and oxygen atoms in total. The molecule has 0 radical (unpaired) electrons. The monoisotopic (exact) mass is 334 g/mol. The number of carbonyl (C=O) groups excluding carboxylic acids is 1. The number of likely N-dealkylation sites (tertiary alicyclic amines) is 1. The van der Waals surface area contributed by atoms with Crippen molar-refractivity contribution in [1.82, 2.24) is 9.62 Å². The van der Waals surface area contributed by atoms with Gasteiger partial charge in [-0.2, -0.15) is 0 Å². The predicted molar refractivity (Wildman–Crippen MR) is 82.7 cm³/mol. The molecule has 1 rings (SSSR count). The summed E-state index contributed by atoms with van der Waals surface area (Å²) >= 11 is 0. The molecule has 3 unspecified atom stereocenters. The first-order valence-corrected chi connectivity index (χ1v) is 9.19. The summed E-state index contributed by atoms with van der Waals surface area (Å²) < 4.78 is 25.5. The predicted octanol–water partition coefficient (Wildman–Crippen LogP) is 0.520. The van der Waals surface area contributed by atoms with E-state index in [-0.39, 0.29) is 18.4 Å². The number of nitrogens with one attached hydrogen (secondary N) is 1. The summed E-state index contributed by atoms with van der Waals surface area (Å²) in [7, 11) is -3.55. The highest BCUT2D eigenvalue weighted by molar-refractivity contribution is 7.88. The van der Waals surface area contributed by atoms with E-state index >= 15 is 0 Å².